The van der Waals surface area contributed by atoms with Crippen LogP contribution in [0, 0.1) is 12.9 Å². The SMILES string of the molecule is Cc1ccc(-c2ccc(-c3ccc(O)cn3)cc2)nc1F. The van der Waals surface area contributed by atoms with Gasteiger partial charge in [-0.1, -0.05) is 30.3 Å². The molecule has 4 heteroatoms. The first-order chi connectivity index (χ1) is 10.1. The van der Waals surface area contributed by atoms with Gasteiger partial charge in [0.25, 0.3) is 0 Å². The highest BCUT2D eigenvalue weighted by Crippen LogP contribution is 2.24. The molecule has 104 valence electrons. The Morgan fingerprint density at radius 2 is 1.48 bits per heavy atom. The number of nitrogens with zero attached hydrogens (tertiary/aromatic N) is 2. The fourth-order valence-corrected chi connectivity index (χ4v) is 2.03. The lowest BCUT2D eigenvalue weighted by atomic mass is 10.1. The molecule has 21 heavy (non-hydrogen) atoms. The Morgan fingerprint density at radius 1 is 0.857 bits per heavy atom. The first-order valence-electron chi connectivity index (χ1n) is 6.52. The maximum absolute atomic E-state index is 13.5. The molecule has 1 N–H and O–H groups in total. The number of aromatic nitrogens is 2. The number of aryl methyl sites for hydroxylation is 1. The molecule has 0 saturated heterocycles. The van der Waals surface area contributed by atoms with E-state index >= 15 is 0 Å². The molecule has 0 unspecified atom stereocenters. The lowest BCUT2D eigenvalue weighted by molar-refractivity contribution is 0.473. The average Bonchev–Trinajstić information content (AvgIpc) is 2.51. The molecule has 2 heterocycles. The van der Waals surface area contributed by atoms with Crippen LogP contribution in [0.5, 0.6) is 5.75 Å². The van der Waals surface area contributed by atoms with E-state index in [-0.39, 0.29) is 5.75 Å². The minimum absolute atomic E-state index is 0.134. The number of hydrogen-bond acceptors (Lipinski definition) is 3. The summed E-state index contributed by atoms with van der Waals surface area (Å²) in [7, 11) is 0. The van der Waals surface area contributed by atoms with Crippen molar-refractivity contribution in [2.45, 2.75) is 6.92 Å². The Morgan fingerprint density at radius 3 is 2.05 bits per heavy atom. The minimum Gasteiger partial charge on any atom is -0.506 e. The quantitative estimate of drug-likeness (QED) is 0.723. The zero-order valence-corrected chi connectivity index (χ0v) is 11.4. The van der Waals surface area contributed by atoms with Gasteiger partial charge in [0.2, 0.25) is 5.95 Å². The van der Waals surface area contributed by atoms with Crippen molar-refractivity contribution >= 4 is 0 Å². The van der Waals surface area contributed by atoms with Gasteiger partial charge in [-0.2, -0.15) is 4.39 Å². The molecule has 0 aliphatic carbocycles. The monoisotopic (exact) mass is 280 g/mol. The van der Waals surface area contributed by atoms with E-state index in [0.717, 1.165) is 16.8 Å². The summed E-state index contributed by atoms with van der Waals surface area (Å²) in [6, 6.07) is 14.4. The molecular weight excluding hydrogens is 267 g/mol. The van der Waals surface area contributed by atoms with Crippen molar-refractivity contribution in [3.05, 3.63) is 66.2 Å². The summed E-state index contributed by atoms with van der Waals surface area (Å²) >= 11 is 0. The van der Waals surface area contributed by atoms with Crippen LogP contribution in [0.2, 0.25) is 0 Å². The molecule has 0 atom stereocenters. The van der Waals surface area contributed by atoms with Crippen molar-refractivity contribution in [1.82, 2.24) is 9.97 Å². The fourth-order valence-electron chi connectivity index (χ4n) is 2.03. The lowest BCUT2D eigenvalue weighted by Gasteiger charge is -2.05. The van der Waals surface area contributed by atoms with Gasteiger partial charge in [0.15, 0.2) is 0 Å². The third kappa shape index (κ3) is 2.74. The molecular formula is C17H13FN2O. The summed E-state index contributed by atoms with van der Waals surface area (Å²) in [4.78, 5) is 8.09. The summed E-state index contributed by atoms with van der Waals surface area (Å²) < 4.78 is 13.5. The van der Waals surface area contributed by atoms with E-state index in [1.165, 1.54) is 6.20 Å². The second-order valence-corrected chi connectivity index (χ2v) is 4.78. The van der Waals surface area contributed by atoms with Gasteiger partial charge in [-0.05, 0) is 25.1 Å². The number of benzene rings is 1. The van der Waals surface area contributed by atoms with Crippen molar-refractivity contribution in [3.63, 3.8) is 0 Å². The van der Waals surface area contributed by atoms with E-state index in [9.17, 15) is 9.50 Å². The number of hydrogen-bond donors (Lipinski definition) is 1. The molecule has 2 aromatic heterocycles. The number of pyridine rings is 2. The molecule has 3 aromatic rings. The highest BCUT2D eigenvalue weighted by atomic mass is 19.1. The van der Waals surface area contributed by atoms with Crippen LogP contribution in [0.15, 0.2) is 54.7 Å². The molecule has 0 spiro atoms. The van der Waals surface area contributed by atoms with Gasteiger partial charge in [0, 0.05) is 16.7 Å². The third-order valence-corrected chi connectivity index (χ3v) is 3.26. The number of halogens is 1. The first kappa shape index (κ1) is 13.2. The predicted octanol–water partition coefficient (Wildman–Crippen LogP) is 3.96. The molecule has 3 nitrogen and oxygen atoms in total. The molecule has 0 fully saturated rings. The van der Waals surface area contributed by atoms with E-state index in [2.05, 4.69) is 9.97 Å². The molecule has 1 aromatic carbocycles. The number of aromatic hydroxyl groups is 1. The van der Waals surface area contributed by atoms with Crippen LogP contribution in [0.3, 0.4) is 0 Å². The van der Waals surface area contributed by atoms with Gasteiger partial charge in [-0.15, -0.1) is 0 Å². The molecule has 0 aliphatic rings. The summed E-state index contributed by atoms with van der Waals surface area (Å²) in [5.74, 6) is -0.313. The Balaban J connectivity index is 1.93. The summed E-state index contributed by atoms with van der Waals surface area (Å²) in [5, 5.41) is 9.24. The topological polar surface area (TPSA) is 46.0 Å². The fraction of sp³-hybridized carbons (Fsp3) is 0.0588. The van der Waals surface area contributed by atoms with Crippen LogP contribution >= 0.6 is 0 Å². The molecule has 0 radical (unpaired) electrons. The molecule has 3 rings (SSSR count). The van der Waals surface area contributed by atoms with Crippen molar-refractivity contribution in [2.24, 2.45) is 0 Å². The molecule has 0 saturated carbocycles. The van der Waals surface area contributed by atoms with Crippen LogP contribution in [-0.2, 0) is 0 Å². The Bertz CT molecular complexity index is 768. The largest absolute Gasteiger partial charge is 0.506 e. The standard InChI is InChI=1S/C17H13FN2O/c1-11-2-8-16(20-17(11)18)13-5-3-12(4-6-13)15-9-7-14(21)10-19-15/h2-10,21H,1H3. The van der Waals surface area contributed by atoms with E-state index in [4.69, 9.17) is 0 Å². The summed E-state index contributed by atoms with van der Waals surface area (Å²) in [6.07, 6.45) is 1.40. The van der Waals surface area contributed by atoms with Crippen LogP contribution in [0.4, 0.5) is 4.39 Å². The van der Waals surface area contributed by atoms with E-state index in [0.29, 0.717) is 11.3 Å². The highest BCUT2D eigenvalue weighted by molar-refractivity contribution is 5.66. The maximum atomic E-state index is 13.5. The second-order valence-electron chi connectivity index (χ2n) is 4.78. The van der Waals surface area contributed by atoms with Crippen LogP contribution in [-0.4, -0.2) is 15.1 Å². The third-order valence-electron chi connectivity index (χ3n) is 3.26. The Hall–Kier alpha value is -2.75. The van der Waals surface area contributed by atoms with Crippen molar-refractivity contribution in [2.75, 3.05) is 0 Å². The smallest absolute Gasteiger partial charge is 0.216 e. The van der Waals surface area contributed by atoms with Gasteiger partial charge in [0.1, 0.15) is 5.75 Å². The van der Waals surface area contributed by atoms with Crippen LogP contribution in [0.25, 0.3) is 22.5 Å². The van der Waals surface area contributed by atoms with E-state index in [1.807, 2.05) is 24.3 Å². The van der Waals surface area contributed by atoms with E-state index < -0.39 is 5.95 Å². The van der Waals surface area contributed by atoms with Gasteiger partial charge < -0.3 is 5.11 Å². The van der Waals surface area contributed by atoms with E-state index in [1.54, 1.807) is 31.2 Å². The van der Waals surface area contributed by atoms with Crippen molar-refractivity contribution in [1.29, 1.82) is 0 Å². The summed E-state index contributed by atoms with van der Waals surface area (Å²) in [6.45, 7) is 1.69. The Kier molecular flexibility index (Phi) is 3.36. The minimum atomic E-state index is -0.447. The second kappa shape index (κ2) is 5.32. The zero-order chi connectivity index (χ0) is 14.8. The highest BCUT2D eigenvalue weighted by Gasteiger charge is 2.05. The van der Waals surface area contributed by atoms with Crippen LogP contribution < -0.4 is 0 Å². The van der Waals surface area contributed by atoms with Crippen molar-refractivity contribution in [3.8, 4) is 28.3 Å². The zero-order valence-electron chi connectivity index (χ0n) is 11.4. The first-order valence-corrected chi connectivity index (χ1v) is 6.52. The maximum Gasteiger partial charge on any atom is 0.216 e. The molecule has 0 amide bonds. The summed E-state index contributed by atoms with van der Waals surface area (Å²) in [5.41, 5.74) is 3.66. The molecule has 0 aliphatic heterocycles. The van der Waals surface area contributed by atoms with Gasteiger partial charge >= 0.3 is 0 Å². The predicted molar refractivity (Wildman–Crippen MR) is 79.3 cm³/mol. The van der Waals surface area contributed by atoms with Gasteiger partial charge in [-0.25, -0.2) is 4.98 Å². The van der Waals surface area contributed by atoms with Gasteiger partial charge in [0.05, 0.1) is 17.6 Å². The Labute approximate surface area is 121 Å². The van der Waals surface area contributed by atoms with Crippen LogP contribution in [0.1, 0.15) is 5.56 Å². The van der Waals surface area contributed by atoms with Crippen molar-refractivity contribution < 1.29 is 9.50 Å². The lowest BCUT2D eigenvalue weighted by Crippen LogP contribution is -1.91. The average molecular weight is 280 g/mol. The normalized spacial score (nSPS) is 10.6. The van der Waals surface area contributed by atoms with Gasteiger partial charge in [-0.3, -0.25) is 4.98 Å². The molecule has 0 bridgehead atoms. The number of rotatable bonds is 2.